The fourth-order valence-corrected chi connectivity index (χ4v) is 4.14. The van der Waals surface area contributed by atoms with Crippen LogP contribution in [-0.2, 0) is 14.6 Å². The van der Waals surface area contributed by atoms with Gasteiger partial charge in [-0.05, 0) is 48.9 Å². The average Bonchev–Trinajstić information content (AvgIpc) is 2.78. The summed E-state index contributed by atoms with van der Waals surface area (Å²) >= 11 is 0. The van der Waals surface area contributed by atoms with E-state index in [2.05, 4.69) is 4.98 Å². The number of hydrogen-bond acceptors (Lipinski definition) is 6. The van der Waals surface area contributed by atoms with E-state index in [0.717, 1.165) is 6.26 Å². The fourth-order valence-electron chi connectivity index (χ4n) is 3.48. The summed E-state index contributed by atoms with van der Waals surface area (Å²) in [4.78, 5) is 16.9. The van der Waals surface area contributed by atoms with Crippen molar-refractivity contribution in [3.63, 3.8) is 0 Å². The first kappa shape index (κ1) is 22.4. The normalized spacial score (nSPS) is 11.4. The minimum Gasteiger partial charge on any atom is -0.462 e. The van der Waals surface area contributed by atoms with Crippen molar-refractivity contribution in [3.8, 4) is 22.6 Å². The number of rotatable bonds is 6. The second kappa shape index (κ2) is 8.99. The average molecular weight is 466 g/mol. The Hall–Kier alpha value is -3.78. The van der Waals surface area contributed by atoms with E-state index in [1.165, 1.54) is 24.4 Å². The highest BCUT2D eigenvalue weighted by atomic mass is 32.2. The van der Waals surface area contributed by atoms with Crippen molar-refractivity contribution in [2.45, 2.75) is 11.8 Å². The first-order valence-corrected chi connectivity index (χ1v) is 12.0. The molecule has 4 rings (SSSR count). The van der Waals surface area contributed by atoms with Crippen molar-refractivity contribution in [3.05, 3.63) is 84.3 Å². The summed E-state index contributed by atoms with van der Waals surface area (Å²) < 4.78 is 49.2. The van der Waals surface area contributed by atoms with Crippen molar-refractivity contribution >= 4 is 26.7 Å². The molecule has 0 saturated carbocycles. The molecule has 0 spiro atoms. The molecular formula is C25H20FNO5S. The summed E-state index contributed by atoms with van der Waals surface area (Å²) in [5.74, 6) is -0.326. The quantitative estimate of drug-likeness (QED) is 0.354. The third kappa shape index (κ3) is 4.70. The van der Waals surface area contributed by atoms with Gasteiger partial charge in [0.1, 0.15) is 22.8 Å². The molecule has 0 saturated heterocycles. The van der Waals surface area contributed by atoms with Gasteiger partial charge in [0.05, 0.1) is 17.1 Å². The number of ether oxygens (including phenoxy) is 2. The van der Waals surface area contributed by atoms with E-state index in [4.69, 9.17) is 9.47 Å². The molecule has 1 heterocycles. The van der Waals surface area contributed by atoms with Crippen molar-refractivity contribution in [1.29, 1.82) is 0 Å². The van der Waals surface area contributed by atoms with Gasteiger partial charge in [-0.15, -0.1) is 0 Å². The predicted molar refractivity (Wildman–Crippen MR) is 123 cm³/mol. The number of esters is 1. The highest BCUT2D eigenvalue weighted by molar-refractivity contribution is 7.90. The third-order valence-corrected chi connectivity index (χ3v) is 6.05. The van der Waals surface area contributed by atoms with Gasteiger partial charge >= 0.3 is 5.97 Å². The molecular weight excluding hydrogens is 445 g/mol. The molecule has 33 heavy (non-hydrogen) atoms. The molecule has 0 aliphatic rings. The smallest absolute Gasteiger partial charge is 0.340 e. The first-order valence-electron chi connectivity index (χ1n) is 10.1. The van der Waals surface area contributed by atoms with Gasteiger partial charge in [0.15, 0.2) is 9.84 Å². The Morgan fingerprint density at radius 3 is 2.42 bits per heavy atom. The molecule has 4 aromatic rings. The molecule has 8 heteroatoms. The van der Waals surface area contributed by atoms with E-state index in [-0.39, 0.29) is 22.6 Å². The van der Waals surface area contributed by atoms with E-state index >= 15 is 0 Å². The lowest BCUT2D eigenvalue weighted by Gasteiger charge is -2.14. The van der Waals surface area contributed by atoms with Crippen LogP contribution < -0.4 is 4.74 Å². The number of sulfone groups is 1. The summed E-state index contributed by atoms with van der Waals surface area (Å²) in [5.41, 5.74) is 1.39. The second-order valence-electron chi connectivity index (χ2n) is 7.28. The third-order valence-electron chi connectivity index (χ3n) is 4.94. The minimum atomic E-state index is -3.39. The molecule has 0 aliphatic carbocycles. The summed E-state index contributed by atoms with van der Waals surface area (Å²) in [6, 6.07) is 17.6. The zero-order chi connectivity index (χ0) is 23.6. The lowest BCUT2D eigenvalue weighted by Crippen LogP contribution is -2.08. The number of carbonyl (C=O) groups is 1. The highest BCUT2D eigenvalue weighted by Crippen LogP contribution is 2.35. The number of benzene rings is 3. The number of nitrogens with zero attached hydrogens (tertiary/aromatic N) is 1. The Balaban J connectivity index is 1.83. The van der Waals surface area contributed by atoms with Crippen LogP contribution in [0, 0.1) is 5.82 Å². The number of pyridine rings is 1. The van der Waals surface area contributed by atoms with Crippen LogP contribution in [0.4, 0.5) is 4.39 Å². The van der Waals surface area contributed by atoms with Crippen LogP contribution in [0.2, 0.25) is 0 Å². The maximum absolute atomic E-state index is 14.4. The molecule has 0 amide bonds. The first-order chi connectivity index (χ1) is 15.8. The molecule has 0 unspecified atom stereocenters. The van der Waals surface area contributed by atoms with Crippen molar-refractivity contribution < 1.29 is 27.1 Å². The van der Waals surface area contributed by atoms with Gasteiger partial charge in [-0.3, -0.25) is 4.98 Å². The van der Waals surface area contributed by atoms with Crippen LogP contribution in [0.5, 0.6) is 11.5 Å². The van der Waals surface area contributed by atoms with Gasteiger partial charge in [-0.2, -0.15) is 0 Å². The van der Waals surface area contributed by atoms with Gasteiger partial charge in [-0.1, -0.05) is 30.3 Å². The molecule has 6 nitrogen and oxygen atoms in total. The van der Waals surface area contributed by atoms with Crippen molar-refractivity contribution in [1.82, 2.24) is 4.98 Å². The molecule has 1 aromatic heterocycles. The molecule has 3 aromatic carbocycles. The molecule has 0 atom stereocenters. The number of fused-ring (bicyclic) bond motifs is 1. The van der Waals surface area contributed by atoms with Crippen LogP contribution in [0.15, 0.2) is 77.8 Å². The zero-order valence-electron chi connectivity index (χ0n) is 17.9. The molecule has 0 fully saturated rings. The van der Waals surface area contributed by atoms with E-state index in [1.54, 1.807) is 55.5 Å². The number of halogens is 1. The Labute approximate surface area is 190 Å². The van der Waals surface area contributed by atoms with Crippen LogP contribution >= 0.6 is 0 Å². The van der Waals surface area contributed by atoms with Gasteiger partial charge < -0.3 is 9.47 Å². The van der Waals surface area contributed by atoms with Gasteiger partial charge in [0.25, 0.3) is 0 Å². The molecule has 0 bridgehead atoms. The lowest BCUT2D eigenvalue weighted by atomic mass is 9.96. The summed E-state index contributed by atoms with van der Waals surface area (Å²) in [6.45, 7) is 1.88. The monoisotopic (exact) mass is 465 g/mol. The Morgan fingerprint density at radius 1 is 1.00 bits per heavy atom. The molecule has 0 N–H and O–H groups in total. The topological polar surface area (TPSA) is 82.6 Å². The van der Waals surface area contributed by atoms with Gasteiger partial charge in [0, 0.05) is 23.4 Å². The zero-order valence-corrected chi connectivity index (χ0v) is 18.7. The number of hydrogen-bond donors (Lipinski definition) is 0. The Morgan fingerprint density at radius 2 is 1.70 bits per heavy atom. The molecule has 0 aliphatic heterocycles. The second-order valence-corrected chi connectivity index (χ2v) is 9.30. The Kier molecular flexibility index (Phi) is 6.11. The van der Waals surface area contributed by atoms with E-state index in [9.17, 15) is 17.6 Å². The molecule has 0 radical (unpaired) electrons. The van der Waals surface area contributed by atoms with Gasteiger partial charge in [0.2, 0.25) is 0 Å². The number of para-hydroxylation sites is 1. The maximum Gasteiger partial charge on any atom is 0.340 e. The minimum absolute atomic E-state index is 0.132. The van der Waals surface area contributed by atoms with E-state index < -0.39 is 21.6 Å². The van der Waals surface area contributed by atoms with Crippen LogP contribution in [-0.4, -0.2) is 32.2 Å². The van der Waals surface area contributed by atoms with E-state index in [1.807, 2.05) is 0 Å². The highest BCUT2D eigenvalue weighted by Gasteiger charge is 2.20. The standard InChI is InChI=1S/C25H20FNO5S/c1-3-31-25(28)21-15-27-24-20(11-6-12-22(24)26)23(21)16-7-4-8-17(13-16)32-18-9-5-10-19(14-18)33(2,29)30/h4-15H,3H2,1-2H3. The summed E-state index contributed by atoms with van der Waals surface area (Å²) in [6.07, 6.45) is 2.43. The summed E-state index contributed by atoms with van der Waals surface area (Å²) in [7, 11) is -3.39. The van der Waals surface area contributed by atoms with Crippen molar-refractivity contribution in [2.75, 3.05) is 12.9 Å². The van der Waals surface area contributed by atoms with Gasteiger partial charge in [-0.25, -0.2) is 17.6 Å². The van der Waals surface area contributed by atoms with Crippen LogP contribution in [0.3, 0.4) is 0 Å². The summed E-state index contributed by atoms with van der Waals surface area (Å²) in [5, 5.41) is 0.455. The SMILES string of the molecule is CCOC(=O)c1cnc2c(F)cccc2c1-c1cccc(Oc2cccc(S(C)(=O)=O)c2)c1. The lowest BCUT2D eigenvalue weighted by molar-refractivity contribution is 0.0527. The predicted octanol–water partition coefficient (Wildman–Crippen LogP) is 5.41. The maximum atomic E-state index is 14.4. The number of aromatic nitrogens is 1. The van der Waals surface area contributed by atoms with Crippen molar-refractivity contribution in [2.24, 2.45) is 0 Å². The largest absolute Gasteiger partial charge is 0.462 e. The molecule has 168 valence electrons. The number of carbonyl (C=O) groups excluding carboxylic acids is 1. The fraction of sp³-hybridized carbons (Fsp3) is 0.120. The Bertz CT molecular complexity index is 1470. The van der Waals surface area contributed by atoms with Crippen LogP contribution in [0.25, 0.3) is 22.0 Å². The van der Waals surface area contributed by atoms with E-state index in [0.29, 0.717) is 28.0 Å². The van der Waals surface area contributed by atoms with Crippen LogP contribution in [0.1, 0.15) is 17.3 Å².